The van der Waals surface area contributed by atoms with Gasteiger partial charge in [-0.3, -0.25) is 9.59 Å². The topological polar surface area (TPSA) is 52.6 Å². The van der Waals surface area contributed by atoms with E-state index < -0.39 is 17.4 Å². The van der Waals surface area contributed by atoms with Gasteiger partial charge in [-0.15, -0.1) is 5.73 Å². The van der Waals surface area contributed by atoms with Gasteiger partial charge in [-0.05, 0) is 38.7 Å². The van der Waals surface area contributed by atoms with E-state index in [1.54, 1.807) is 12.2 Å². The summed E-state index contributed by atoms with van der Waals surface area (Å²) >= 11 is 0. The minimum atomic E-state index is -1.35. The third kappa shape index (κ3) is 5.44. The molecule has 0 aliphatic heterocycles. The molecule has 0 aliphatic carbocycles. The second-order valence-electron chi connectivity index (χ2n) is 4.98. The van der Waals surface area contributed by atoms with Crippen molar-refractivity contribution in [1.29, 1.82) is 0 Å². The van der Waals surface area contributed by atoms with E-state index in [1.807, 2.05) is 13.8 Å². The normalized spacial score (nSPS) is 10.9. The summed E-state index contributed by atoms with van der Waals surface area (Å²) in [5.74, 6) is -1.20. The zero-order valence-corrected chi connectivity index (χ0v) is 13.3. The zero-order chi connectivity index (χ0) is 16.5. The number of esters is 2. The first-order valence-electron chi connectivity index (χ1n) is 6.68. The molecule has 0 spiro atoms. The van der Waals surface area contributed by atoms with Crippen LogP contribution in [-0.2, 0) is 19.1 Å². The van der Waals surface area contributed by atoms with Gasteiger partial charge in [-0.2, -0.15) is 0 Å². The third-order valence-electron chi connectivity index (χ3n) is 3.25. The Morgan fingerprint density at radius 2 is 1.71 bits per heavy atom. The van der Waals surface area contributed by atoms with Crippen LogP contribution in [0.15, 0.2) is 42.2 Å². The average molecular weight is 292 g/mol. The number of ether oxygens (including phenoxy) is 2. The van der Waals surface area contributed by atoms with Crippen LogP contribution in [-0.4, -0.2) is 26.2 Å². The molecule has 0 aromatic heterocycles. The largest absolute Gasteiger partial charge is 0.468 e. The number of allylic oxidation sites excluding steroid dienone is 4. The van der Waals surface area contributed by atoms with Crippen molar-refractivity contribution in [3.63, 3.8) is 0 Å². The quantitative estimate of drug-likeness (QED) is 0.298. The molecule has 0 N–H and O–H groups in total. The molecule has 116 valence electrons. The van der Waals surface area contributed by atoms with Crippen molar-refractivity contribution in [1.82, 2.24) is 0 Å². The zero-order valence-electron chi connectivity index (χ0n) is 13.3. The predicted molar refractivity (Wildman–Crippen MR) is 82.6 cm³/mol. The van der Waals surface area contributed by atoms with E-state index in [2.05, 4.69) is 18.9 Å². The molecule has 0 aromatic carbocycles. The van der Waals surface area contributed by atoms with Crippen LogP contribution in [0, 0.1) is 5.41 Å². The molecular formula is C17H24O4. The van der Waals surface area contributed by atoms with Gasteiger partial charge < -0.3 is 9.47 Å². The minimum absolute atomic E-state index is 0.198. The molecule has 21 heavy (non-hydrogen) atoms. The summed E-state index contributed by atoms with van der Waals surface area (Å²) in [5.41, 5.74) is 3.11. The van der Waals surface area contributed by atoms with E-state index in [4.69, 9.17) is 9.47 Å². The highest BCUT2D eigenvalue weighted by Gasteiger charge is 2.47. The Bertz CT molecular complexity index is 463. The lowest BCUT2D eigenvalue weighted by molar-refractivity contribution is -0.169. The number of methoxy groups -OCH3 is 2. The van der Waals surface area contributed by atoms with Crippen molar-refractivity contribution < 1.29 is 19.1 Å². The van der Waals surface area contributed by atoms with E-state index in [0.29, 0.717) is 6.42 Å². The lowest BCUT2D eigenvalue weighted by Gasteiger charge is -2.27. The fourth-order valence-corrected chi connectivity index (χ4v) is 1.90. The Kier molecular flexibility index (Phi) is 8.10. The number of rotatable bonds is 8. The summed E-state index contributed by atoms with van der Waals surface area (Å²) < 4.78 is 9.64. The Balaban J connectivity index is 5.51. The SMILES string of the molecule is C=C=C(C)CCC(C/C=C/C(=C)C)(C(=O)OC)C(=O)OC. The van der Waals surface area contributed by atoms with Crippen molar-refractivity contribution in [3.05, 3.63) is 42.2 Å². The van der Waals surface area contributed by atoms with Gasteiger partial charge >= 0.3 is 11.9 Å². The van der Waals surface area contributed by atoms with Crippen LogP contribution < -0.4 is 0 Å². The molecule has 0 fully saturated rings. The molecule has 0 radical (unpaired) electrons. The maximum atomic E-state index is 12.2. The molecule has 4 nitrogen and oxygen atoms in total. The van der Waals surface area contributed by atoms with Crippen LogP contribution >= 0.6 is 0 Å². The highest BCUT2D eigenvalue weighted by atomic mass is 16.5. The first-order valence-corrected chi connectivity index (χ1v) is 6.68. The molecule has 4 heteroatoms. The van der Waals surface area contributed by atoms with Crippen molar-refractivity contribution in [2.45, 2.75) is 33.1 Å². The molecule has 0 aliphatic rings. The van der Waals surface area contributed by atoms with Gasteiger partial charge in [0.1, 0.15) is 0 Å². The molecule has 0 rings (SSSR count). The molecule has 0 amide bonds. The molecular weight excluding hydrogens is 268 g/mol. The van der Waals surface area contributed by atoms with Crippen LogP contribution in [0.4, 0.5) is 0 Å². The van der Waals surface area contributed by atoms with Gasteiger partial charge in [0.15, 0.2) is 5.41 Å². The fourth-order valence-electron chi connectivity index (χ4n) is 1.90. The maximum Gasteiger partial charge on any atom is 0.323 e. The molecule has 0 atom stereocenters. The van der Waals surface area contributed by atoms with Crippen molar-refractivity contribution in [3.8, 4) is 0 Å². The van der Waals surface area contributed by atoms with Crippen molar-refractivity contribution in [2.75, 3.05) is 14.2 Å². The first-order chi connectivity index (χ1) is 9.83. The van der Waals surface area contributed by atoms with Crippen LogP contribution in [0.3, 0.4) is 0 Å². The van der Waals surface area contributed by atoms with E-state index in [0.717, 1.165) is 11.1 Å². The molecule has 0 unspecified atom stereocenters. The molecule has 0 saturated heterocycles. The van der Waals surface area contributed by atoms with Crippen LogP contribution in [0.1, 0.15) is 33.1 Å². The monoisotopic (exact) mass is 292 g/mol. The smallest absolute Gasteiger partial charge is 0.323 e. The number of carbonyl (C=O) groups is 2. The second kappa shape index (κ2) is 8.98. The molecule has 0 heterocycles. The molecule has 0 bridgehead atoms. The van der Waals surface area contributed by atoms with Gasteiger partial charge in [-0.25, -0.2) is 0 Å². The summed E-state index contributed by atoms with van der Waals surface area (Å²) in [6, 6.07) is 0. The van der Waals surface area contributed by atoms with Crippen LogP contribution in [0.5, 0.6) is 0 Å². The Morgan fingerprint density at radius 1 is 1.19 bits per heavy atom. The van der Waals surface area contributed by atoms with Gasteiger partial charge in [-0.1, -0.05) is 30.9 Å². The standard InChI is InChI=1S/C17H24O4/c1-7-14(4)10-12-17(15(18)20-5,16(19)21-6)11-8-9-13(2)3/h8-9H,1-2,10-12H2,3-6H3/b9-8+. The lowest BCUT2D eigenvalue weighted by Crippen LogP contribution is -2.41. The lowest BCUT2D eigenvalue weighted by atomic mass is 9.78. The molecule has 0 aromatic rings. The summed E-state index contributed by atoms with van der Waals surface area (Å²) in [7, 11) is 2.53. The van der Waals surface area contributed by atoms with Gasteiger partial charge in [0.05, 0.1) is 14.2 Å². The highest BCUT2D eigenvalue weighted by Crippen LogP contribution is 2.33. The van der Waals surface area contributed by atoms with E-state index in [1.165, 1.54) is 14.2 Å². The summed E-state index contributed by atoms with van der Waals surface area (Å²) in [4.78, 5) is 24.4. The second-order valence-corrected chi connectivity index (χ2v) is 4.98. The van der Waals surface area contributed by atoms with Crippen LogP contribution in [0.25, 0.3) is 0 Å². The third-order valence-corrected chi connectivity index (χ3v) is 3.25. The van der Waals surface area contributed by atoms with Crippen molar-refractivity contribution >= 4 is 11.9 Å². The van der Waals surface area contributed by atoms with E-state index >= 15 is 0 Å². The average Bonchev–Trinajstić information content (AvgIpc) is 2.48. The maximum absolute atomic E-state index is 12.2. The Labute approximate surface area is 126 Å². The van der Waals surface area contributed by atoms with E-state index in [-0.39, 0.29) is 12.8 Å². The Morgan fingerprint density at radius 3 is 2.10 bits per heavy atom. The number of hydrogen-bond acceptors (Lipinski definition) is 4. The first kappa shape index (κ1) is 18.9. The fraction of sp³-hybridized carbons (Fsp3) is 0.471. The van der Waals surface area contributed by atoms with Crippen molar-refractivity contribution in [2.24, 2.45) is 5.41 Å². The number of carbonyl (C=O) groups excluding carboxylic acids is 2. The van der Waals surface area contributed by atoms with Gasteiger partial charge in [0, 0.05) is 0 Å². The highest BCUT2D eigenvalue weighted by molar-refractivity contribution is 6.00. The summed E-state index contributed by atoms with van der Waals surface area (Å²) in [6.45, 7) is 11.0. The van der Waals surface area contributed by atoms with Gasteiger partial charge in [0.2, 0.25) is 0 Å². The summed E-state index contributed by atoms with van der Waals surface area (Å²) in [6.07, 6.45) is 4.49. The van der Waals surface area contributed by atoms with Crippen LogP contribution in [0.2, 0.25) is 0 Å². The summed E-state index contributed by atoms with van der Waals surface area (Å²) in [5, 5.41) is 0. The van der Waals surface area contributed by atoms with Gasteiger partial charge in [0.25, 0.3) is 0 Å². The number of hydrogen-bond donors (Lipinski definition) is 0. The molecule has 0 saturated carbocycles. The minimum Gasteiger partial charge on any atom is -0.468 e. The predicted octanol–water partition coefficient (Wildman–Crippen LogP) is 3.35. The van der Waals surface area contributed by atoms with E-state index in [9.17, 15) is 9.59 Å². The Hall–Kier alpha value is -2.06.